The molecule has 1 aliphatic carbocycles. The van der Waals surface area contributed by atoms with Crippen LogP contribution < -0.4 is 0 Å². The highest BCUT2D eigenvalue weighted by molar-refractivity contribution is 5.81. The van der Waals surface area contributed by atoms with Gasteiger partial charge in [0.2, 0.25) is 0 Å². The summed E-state index contributed by atoms with van der Waals surface area (Å²) in [6.45, 7) is 2.30. The molecule has 0 heterocycles. The van der Waals surface area contributed by atoms with Crippen LogP contribution in [0.5, 0.6) is 0 Å². The predicted octanol–water partition coefficient (Wildman–Crippen LogP) is 3.47. The van der Waals surface area contributed by atoms with Crippen molar-refractivity contribution in [2.45, 2.75) is 51.9 Å². The zero-order chi connectivity index (χ0) is 10.9. The number of allylic oxidation sites excluding steroid dienone is 1. The molecule has 0 aliphatic heterocycles. The van der Waals surface area contributed by atoms with Gasteiger partial charge < -0.3 is 4.74 Å². The van der Waals surface area contributed by atoms with Gasteiger partial charge in [-0.3, -0.25) is 0 Å². The van der Waals surface area contributed by atoms with E-state index in [9.17, 15) is 4.79 Å². The molecule has 0 bridgehead atoms. The molecule has 0 aromatic rings. The quantitative estimate of drug-likeness (QED) is 0.403. The van der Waals surface area contributed by atoms with Crippen LogP contribution in [0, 0.1) is 5.92 Å². The average Bonchev–Trinajstić information content (AvgIpc) is 2.47. The van der Waals surface area contributed by atoms with Gasteiger partial charge in [-0.15, -0.1) is 0 Å². The van der Waals surface area contributed by atoms with Crippen LogP contribution in [0.15, 0.2) is 12.2 Å². The summed E-state index contributed by atoms with van der Waals surface area (Å²) in [7, 11) is 0. The largest absolute Gasteiger partial charge is 0.463 e. The van der Waals surface area contributed by atoms with Crippen LogP contribution in [-0.4, -0.2) is 12.6 Å². The summed E-state index contributed by atoms with van der Waals surface area (Å²) in [6, 6.07) is 0. The van der Waals surface area contributed by atoms with Gasteiger partial charge in [0.15, 0.2) is 0 Å². The van der Waals surface area contributed by atoms with E-state index in [2.05, 4.69) is 0 Å². The minimum absolute atomic E-state index is 0.203. The molecular formula is C13H22O2. The fraction of sp³-hybridized carbons (Fsp3) is 0.769. The first-order valence-corrected chi connectivity index (χ1v) is 6.16. The van der Waals surface area contributed by atoms with E-state index in [1.54, 1.807) is 6.08 Å². The highest BCUT2D eigenvalue weighted by Gasteiger charge is 2.10. The highest BCUT2D eigenvalue weighted by Crippen LogP contribution is 2.25. The molecule has 1 aliphatic rings. The second-order valence-electron chi connectivity index (χ2n) is 4.25. The molecule has 0 aromatic heterocycles. The minimum atomic E-state index is -0.203. The highest BCUT2D eigenvalue weighted by atomic mass is 16.5. The van der Waals surface area contributed by atoms with Crippen molar-refractivity contribution < 1.29 is 9.53 Å². The van der Waals surface area contributed by atoms with E-state index in [1.807, 2.05) is 13.0 Å². The van der Waals surface area contributed by atoms with Crippen molar-refractivity contribution >= 4 is 5.97 Å². The molecule has 0 radical (unpaired) electrons. The maximum Gasteiger partial charge on any atom is 0.330 e. The zero-order valence-corrected chi connectivity index (χ0v) is 9.71. The number of carbonyl (C=O) groups is 1. The standard InChI is InChI=1S/C13H22O2/c1-2-15-13(14)11-7-10-12-8-5-3-4-6-9-12/h7,11-12H,2-6,8-10H2,1H3. The summed E-state index contributed by atoms with van der Waals surface area (Å²) in [6.07, 6.45) is 12.7. The number of carbonyl (C=O) groups excluding carboxylic acids is 1. The van der Waals surface area contributed by atoms with Gasteiger partial charge in [-0.2, -0.15) is 0 Å². The molecule has 1 fully saturated rings. The first kappa shape index (κ1) is 12.3. The Morgan fingerprint density at radius 2 is 1.93 bits per heavy atom. The number of hydrogen-bond donors (Lipinski definition) is 0. The average molecular weight is 210 g/mol. The fourth-order valence-corrected chi connectivity index (χ4v) is 2.15. The Kier molecular flexibility index (Phi) is 6.14. The zero-order valence-electron chi connectivity index (χ0n) is 9.71. The lowest BCUT2D eigenvalue weighted by Gasteiger charge is -2.09. The third-order valence-electron chi connectivity index (χ3n) is 2.98. The molecule has 15 heavy (non-hydrogen) atoms. The van der Waals surface area contributed by atoms with Crippen LogP contribution >= 0.6 is 0 Å². The normalized spacial score (nSPS) is 19.0. The second kappa shape index (κ2) is 7.49. The molecule has 0 atom stereocenters. The first-order valence-electron chi connectivity index (χ1n) is 6.16. The molecular weight excluding hydrogens is 188 g/mol. The van der Waals surface area contributed by atoms with Gasteiger partial charge in [0, 0.05) is 6.08 Å². The summed E-state index contributed by atoms with van der Waals surface area (Å²) in [4.78, 5) is 11.0. The third-order valence-corrected chi connectivity index (χ3v) is 2.98. The van der Waals surface area contributed by atoms with Gasteiger partial charge >= 0.3 is 5.97 Å². The number of hydrogen-bond acceptors (Lipinski definition) is 2. The van der Waals surface area contributed by atoms with Crippen LogP contribution in [0.25, 0.3) is 0 Å². The molecule has 0 N–H and O–H groups in total. The summed E-state index contributed by atoms with van der Waals surface area (Å²) < 4.78 is 4.83. The molecule has 0 saturated heterocycles. The lowest BCUT2D eigenvalue weighted by molar-refractivity contribution is -0.137. The molecule has 0 spiro atoms. The molecule has 0 amide bonds. The van der Waals surface area contributed by atoms with Crippen molar-refractivity contribution in [1.82, 2.24) is 0 Å². The van der Waals surface area contributed by atoms with Crippen molar-refractivity contribution in [2.75, 3.05) is 6.61 Å². The van der Waals surface area contributed by atoms with Crippen LogP contribution in [0.3, 0.4) is 0 Å². The Hall–Kier alpha value is -0.790. The van der Waals surface area contributed by atoms with E-state index in [4.69, 9.17) is 4.74 Å². The number of rotatable bonds is 4. The number of ether oxygens (including phenoxy) is 1. The summed E-state index contributed by atoms with van der Waals surface area (Å²) in [5.74, 6) is 0.587. The van der Waals surface area contributed by atoms with Crippen molar-refractivity contribution in [3.63, 3.8) is 0 Å². The van der Waals surface area contributed by atoms with E-state index in [1.165, 1.54) is 38.5 Å². The molecule has 1 saturated carbocycles. The maximum absolute atomic E-state index is 11.0. The Morgan fingerprint density at radius 3 is 2.53 bits per heavy atom. The maximum atomic E-state index is 11.0. The monoisotopic (exact) mass is 210 g/mol. The SMILES string of the molecule is CCOC(=O)C=CCC1CCCCCC1. The lowest BCUT2D eigenvalue weighted by atomic mass is 9.96. The first-order chi connectivity index (χ1) is 7.33. The van der Waals surface area contributed by atoms with E-state index in [-0.39, 0.29) is 5.97 Å². The number of esters is 1. The molecule has 1 rings (SSSR count). The summed E-state index contributed by atoms with van der Waals surface area (Å²) >= 11 is 0. The van der Waals surface area contributed by atoms with Gasteiger partial charge in [0.25, 0.3) is 0 Å². The minimum Gasteiger partial charge on any atom is -0.463 e. The van der Waals surface area contributed by atoms with Crippen LogP contribution in [-0.2, 0) is 9.53 Å². The van der Waals surface area contributed by atoms with Crippen molar-refractivity contribution in [3.05, 3.63) is 12.2 Å². The third kappa shape index (κ3) is 5.60. The molecule has 86 valence electrons. The van der Waals surface area contributed by atoms with Gasteiger partial charge in [-0.25, -0.2) is 4.79 Å². The van der Waals surface area contributed by atoms with Crippen molar-refractivity contribution in [3.8, 4) is 0 Å². The molecule has 2 nitrogen and oxygen atoms in total. The van der Waals surface area contributed by atoms with Gasteiger partial charge in [-0.05, 0) is 19.3 Å². The van der Waals surface area contributed by atoms with Crippen molar-refractivity contribution in [2.24, 2.45) is 5.92 Å². The Bertz CT molecular complexity index is 201. The fourth-order valence-electron chi connectivity index (χ4n) is 2.15. The molecule has 0 unspecified atom stereocenters. The van der Waals surface area contributed by atoms with Gasteiger partial charge in [-0.1, -0.05) is 44.6 Å². The van der Waals surface area contributed by atoms with Gasteiger partial charge in [0.05, 0.1) is 6.61 Å². The predicted molar refractivity (Wildman–Crippen MR) is 61.6 cm³/mol. The van der Waals surface area contributed by atoms with Gasteiger partial charge in [0.1, 0.15) is 0 Å². The van der Waals surface area contributed by atoms with E-state index >= 15 is 0 Å². The van der Waals surface area contributed by atoms with E-state index in [0.717, 1.165) is 12.3 Å². The summed E-state index contributed by atoms with van der Waals surface area (Å²) in [5.41, 5.74) is 0. The van der Waals surface area contributed by atoms with Crippen LogP contribution in [0.4, 0.5) is 0 Å². The van der Waals surface area contributed by atoms with Crippen LogP contribution in [0.2, 0.25) is 0 Å². The molecule has 0 aromatic carbocycles. The van der Waals surface area contributed by atoms with Crippen molar-refractivity contribution in [1.29, 1.82) is 0 Å². The Morgan fingerprint density at radius 1 is 1.27 bits per heavy atom. The Balaban J connectivity index is 2.19. The van der Waals surface area contributed by atoms with E-state index < -0.39 is 0 Å². The second-order valence-corrected chi connectivity index (χ2v) is 4.25. The Labute approximate surface area is 92.7 Å². The van der Waals surface area contributed by atoms with Crippen LogP contribution in [0.1, 0.15) is 51.9 Å². The topological polar surface area (TPSA) is 26.3 Å². The smallest absolute Gasteiger partial charge is 0.330 e. The van der Waals surface area contributed by atoms with E-state index in [0.29, 0.717) is 6.61 Å². The molecule has 2 heteroatoms. The summed E-state index contributed by atoms with van der Waals surface area (Å²) in [5, 5.41) is 0. The lowest BCUT2D eigenvalue weighted by Crippen LogP contribution is -2.00.